The van der Waals surface area contributed by atoms with Gasteiger partial charge in [0.2, 0.25) is 0 Å². The Balaban J connectivity index is 1.79. The van der Waals surface area contributed by atoms with Gasteiger partial charge in [0, 0.05) is 16.9 Å². The van der Waals surface area contributed by atoms with Crippen LogP contribution in [0.2, 0.25) is 0 Å². The molecule has 1 aromatic heterocycles. The number of aromatic nitrogens is 2. The minimum Gasteiger partial charge on any atom is -0.491 e. The van der Waals surface area contributed by atoms with E-state index in [0.717, 1.165) is 10.2 Å². The lowest BCUT2D eigenvalue weighted by Gasteiger charge is -2.12. The summed E-state index contributed by atoms with van der Waals surface area (Å²) in [6, 6.07) is 7.51. The van der Waals surface area contributed by atoms with Gasteiger partial charge in [0.25, 0.3) is 0 Å². The molecule has 0 fully saturated rings. The number of rotatable bonds is 5. The van der Waals surface area contributed by atoms with Gasteiger partial charge in [0.1, 0.15) is 18.5 Å². The molecule has 0 radical (unpaired) electrons. The summed E-state index contributed by atoms with van der Waals surface area (Å²) in [7, 11) is 0. The van der Waals surface area contributed by atoms with Gasteiger partial charge in [-0.3, -0.25) is 0 Å². The Bertz CT molecular complexity index is 442. The molecule has 0 bridgehead atoms. The summed E-state index contributed by atoms with van der Waals surface area (Å²) in [5, 5.41) is 9.75. The SMILES string of the molecule is O[C@@H](COc1ccc(Br)cc1)Cn1ccnc1. The number of aliphatic hydroxyl groups excluding tert-OH is 1. The monoisotopic (exact) mass is 296 g/mol. The van der Waals surface area contributed by atoms with E-state index in [1.165, 1.54) is 0 Å². The predicted molar refractivity (Wildman–Crippen MR) is 67.9 cm³/mol. The maximum Gasteiger partial charge on any atom is 0.119 e. The molecule has 5 heteroatoms. The molecule has 0 amide bonds. The molecule has 1 heterocycles. The lowest BCUT2D eigenvalue weighted by Crippen LogP contribution is -2.22. The second-order valence-electron chi connectivity index (χ2n) is 3.68. The van der Waals surface area contributed by atoms with E-state index in [0.29, 0.717) is 6.54 Å². The minimum atomic E-state index is -0.548. The van der Waals surface area contributed by atoms with Crippen molar-refractivity contribution in [3.63, 3.8) is 0 Å². The van der Waals surface area contributed by atoms with E-state index in [4.69, 9.17) is 4.74 Å². The van der Waals surface area contributed by atoms with Crippen molar-refractivity contribution in [2.75, 3.05) is 6.61 Å². The Hall–Kier alpha value is -1.33. The van der Waals surface area contributed by atoms with Gasteiger partial charge in [-0.15, -0.1) is 0 Å². The molecule has 0 aliphatic heterocycles. The third-order valence-corrected chi connectivity index (χ3v) is 2.77. The number of imidazole rings is 1. The van der Waals surface area contributed by atoms with Crippen LogP contribution >= 0.6 is 15.9 Å². The first-order valence-electron chi connectivity index (χ1n) is 5.26. The molecule has 1 N–H and O–H groups in total. The van der Waals surface area contributed by atoms with E-state index in [1.807, 2.05) is 35.0 Å². The normalized spacial score (nSPS) is 12.4. The average Bonchev–Trinajstić information content (AvgIpc) is 2.81. The first kappa shape index (κ1) is 12.1. The van der Waals surface area contributed by atoms with Crippen molar-refractivity contribution in [1.82, 2.24) is 9.55 Å². The molecule has 1 aromatic carbocycles. The van der Waals surface area contributed by atoms with Crippen LogP contribution in [-0.4, -0.2) is 27.4 Å². The van der Waals surface area contributed by atoms with Crippen molar-refractivity contribution >= 4 is 15.9 Å². The Morgan fingerprint density at radius 1 is 1.35 bits per heavy atom. The second-order valence-corrected chi connectivity index (χ2v) is 4.59. The van der Waals surface area contributed by atoms with Crippen LogP contribution in [-0.2, 0) is 6.54 Å². The quantitative estimate of drug-likeness (QED) is 0.919. The van der Waals surface area contributed by atoms with Crippen LogP contribution in [0, 0.1) is 0 Å². The molecule has 0 spiro atoms. The van der Waals surface area contributed by atoms with Crippen molar-refractivity contribution in [3.05, 3.63) is 47.5 Å². The van der Waals surface area contributed by atoms with Crippen LogP contribution in [0.1, 0.15) is 0 Å². The summed E-state index contributed by atoms with van der Waals surface area (Å²) in [4.78, 5) is 3.91. The van der Waals surface area contributed by atoms with Gasteiger partial charge in [0.15, 0.2) is 0 Å². The van der Waals surface area contributed by atoms with E-state index in [1.54, 1.807) is 12.5 Å². The molecule has 1 atom stereocenters. The zero-order valence-electron chi connectivity index (χ0n) is 9.16. The van der Waals surface area contributed by atoms with Crippen LogP contribution in [0.4, 0.5) is 0 Å². The van der Waals surface area contributed by atoms with Crippen molar-refractivity contribution in [2.45, 2.75) is 12.6 Å². The van der Waals surface area contributed by atoms with E-state index in [2.05, 4.69) is 20.9 Å². The molecule has 2 aromatic rings. The fourth-order valence-electron chi connectivity index (χ4n) is 1.41. The molecule has 4 nitrogen and oxygen atoms in total. The number of hydrogen-bond donors (Lipinski definition) is 1. The van der Waals surface area contributed by atoms with Crippen molar-refractivity contribution in [1.29, 1.82) is 0 Å². The number of ether oxygens (including phenoxy) is 1. The molecular formula is C12H13BrN2O2. The molecule has 17 heavy (non-hydrogen) atoms. The van der Waals surface area contributed by atoms with Crippen LogP contribution in [0.5, 0.6) is 5.75 Å². The molecular weight excluding hydrogens is 284 g/mol. The predicted octanol–water partition coefficient (Wildman–Crippen LogP) is 2.09. The highest BCUT2D eigenvalue weighted by molar-refractivity contribution is 9.10. The molecule has 90 valence electrons. The van der Waals surface area contributed by atoms with Crippen molar-refractivity contribution in [2.24, 2.45) is 0 Å². The lowest BCUT2D eigenvalue weighted by atomic mass is 10.3. The Labute approximate surface area is 108 Å². The smallest absolute Gasteiger partial charge is 0.119 e. The highest BCUT2D eigenvalue weighted by Crippen LogP contribution is 2.16. The number of halogens is 1. The molecule has 0 unspecified atom stereocenters. The standard InChI is InChI=1S/C12H13BrN2O2/c13-10-1-3-12(4-2-10)17-8-11(16)7-15-6-5-14-9-15/h1-6,9,11,16H,7-8H2/t11-/m1/s1. The van der Waals surface area contributed by atoms with E-state index in [9.17, 15) is 5.11 Å². The largest absolute Gasteiger partial charge is 0.491 e. The Morgan fingerprint density at radius 3 is 2.76 bits per heavy atom. The summed E-state index contributed by atoms with van der Waals surface area (Å²) in [6.07, 6.45) is 4.61. The topological polar surface area (TPSA) is 47.3 Å². The molecule has 0 saturated carbocycles. The summed E-state index contributed by atoms with van der Waals surface area (Å²) in [5.74, 6) is 0.748. The summed E-state index contributed by atoms with van der Waals surface area (Å²) in [5.41, 5.74) is 0. The van der Waals surface area contributed by atoms with Gasteiger partial charge in [-0.25, -0.2) is 4.98 Å². The number of aliphatic hydroxyl groups is 1. The fraction of sp³-hybridized carbons (Fsp3) is 0.250. The first-order chi connectivity index (χ1) is 8.24. The second kappa shape index (κ2) is 5.84. The first-order valence-corrected chi connectivity index (χ1v) is 6.05. The number of nitrogens with zero attached hydrogens (tertiary/aromatic N) is 2. The van der Waals surface area contributed by atoms with Crippen molar-refractivity contribution in [3.8, 4) is 5.75 Å². The van der Waals surface area contributed by atoms with Crippen molar-refractivity contribution < 1.29 is 9.84 Å². The third kappa shape index (κ3) is 3.87. The van der Waals surface area contributed by atoms with Gasteiger partial charge in [-0.05, 0) is 24.3 Å². The van der Waals surface area contributed by atoms with E-state index in [-0.39, 0.29) is 6.61 Å². The fourth-order valence-corrected chi connectivity index (χ4v) is 1.68. The minimum absolute atomic E-state index is 0.264. The van der Waals surface area contributed by atoms with Crippen LogP contribution in [0.3, 0.4) is 0 Å². The van der Waals surface area contributed by atoms with Crippen LogP contribution in [0.25, 0.3) is 0 Å². The highest BCUT2D eigenvalue weighted by Gasteiger charge is 2.05. The number of hydrogen-bond acceptors (Lipinski definition) is 3. The van der Waals surface area contributed by atoms with Gasteiger partial charge < -0.3 is 14.4 Å². The summed E-state index contributed by atoms with van der Waals surface area (Å²) >= 11 is 3.35. The summed E-state index contributed by atoms with van der Waals surface area (Å²) in [6.45, 7) is 0.746. The number of benzene rings is 1. The molecule has 0 saturated heterocycles. The van der Waals surface area contributed by atoms with Gasteiger partial charge in [-0.1, -0.05) is 15.9 Å². The van der Waals surface area contributed by atoms with Gasteiger partial charge in [-0.2, -0.15) is 0 Å². The Kier molecular flexibility index (Phi) is 4.17. The third-order valence-electron chi connectivity index (χ3n) is 2.24. The average molecular weight is 297 g/mol. The summed E-state index contributed by atoms with van der Waals surface area (Å²) < 4.78 is 8.29. The van der Waals surface area contributed by atoms with Gasteiger partial charge in [0.05, 0.1) is 12.9 Å². The van der Waals surface area contributed by atoms with Crippen LogP contribution < -0.4 is 4.74 Å². The maximum absolute atomic E-state index is 9.75. The zero-order valence-corrected chi connectivity index (χ0v) is 10.7. The molecule has 0 aliphatic carbocycles. The van der Waals surface area contributed by atoms with Gasteiger partial charge >= 0.3 is 0 Å². The maximum atomic E-state index is 9.75. The highest BCUT2D eigenvalue weighted by atomic mass is 79.9. The molecule has 2 rings (SSSR count). The van der Waals surface area contributed by atoms with Crippen LogP contribution in [0.15, 0.2) is 47.5 Å². The zero-order chi connectivity index (χ0) is 12.1. The van der Waals surface area contributed by atoms with E-state index >= 15 is 0 Å². The molecule has 0 aliphatic rings. The Morgan fingerprint density at radius 2 is 2.12 bits per heavy atom. The van der Waals surface area contributed by atoms with E-state index < -0.39 is 6.10 Å². The lowest BCUT2D eigenvalue weighted by molar-refractivity contribution is 0.0924.